The minimum Gasteiger partial charge on any atom is -0.0878 e. The molecule has 2 atom stereocenters. The molecule has 0 spiro atoms. The Bertz CT molecular complexity index is 174. The summed E-state index contributed by atoms with van der Waals surface area (Å²) in [6, 6.07) is 0. The van der Waals surface area contributed by atoms with Gasteiger partial charge in [-0.2, -0.15) is 0 Å². The molecule has 0 nitrogen and oxygen atoms in total. The van der Waals surface area contributed by atoms with Gasteiger partial charge in [-0.25, -0.2) is 0 Å². The number of hydrogen-bond acceptors (Lipinski definition) is 0. The van der Waals surface area contributed by atoms with Crippen molar-refractivity contribution < 1.29 is 0 Å². The predicted octanol–water partition coefficient (Wildman–Crippen LogP) is 2.53. The van der Waals surface area contributed by atoms with E-state index >= 15 is 0 Å². The standard InChI is InChI=1S/C9H12/c1-2-8-5-7-3-4-9(8)6-7/h2-4,7,9H,5-6H2,1H3/b8-2+. The fraction of sp³-hybridized carbons (Fsp3) is 0.556. The summed E-state index contributed by atoms with van der Waals surface area (Å²) >= 11 is 0. The first-order valence-electron chi connectivity index (χ1n) is 3.73. The van der Waals surface area contributed by atoms with Crippen LogP contribution >= 0.6 is 0 Å². The van der Waals surface area contributed by atoms with Crippen LogP contribution in [0.3, 0.4) is 0 Å². The van der Waals surface area contributed by atoms with Crippen molar-refractivity contribution in [1.82, 2.24) is 0 Å². The molecule has 9 heavy (non-hydrogen) atoms. The lowest BCUT2D eigenvalue weighted by molar-refractivity contribution is 0.693. The Labute approximate surface area is 56.3 Å². The second-order valence-corrected chi connectivity index (χ2v) is 3.05. The summed E-state index contributed by atoms with van der Waals surface area (Å²) in [6.45, 7) is 2.16. The molecule has 0 aromatic rings. The van der Waals surface area contributed by atoms with Crippen molar-refractivity contribution in [2.45, 2.75) is 19.8 Å². The van der Waals surface area contributed by atoms with Crippen molar-refractivity contribution in [3.63, 3.8) is 0 Å². The average Bonchev–Trinajstić information content (AvgIpc) is 2.45. The number of allylic oxidation sites excluding steroid dienone is 4. The highest BCUT2D eigenvalue weighted by atomic mass is 14.3. The summed E-state index contributed by atoms with van der Waals surface area (Å²) < 4.78 is 0. The van der Waals surface area contributed by atoms with Gasteiger partial charge in [-0.1, -0.05) is 23.8 Å². The molecule has 0 aromatic carbocycles. The van der Waals surface area contributed by atoms with Crippen LogP contribution in [-0.2, 0) is 0 Å². The van der Waals surface area contributed by atoms with E-state index in [-0.39, 0.29) is 0 Å². The Kier molecular flexibility index (Phi) is 1.01. The zero-order valence-electron chi connectivity index (χ0n) is 5.80. The van der Waals surface area contributed by atoms with Crippen LogP contribution in [0.5, 0.6) is 0 Å². The zero-order valence-corrected chi connectivity index (χ0v) is 5.80. The summed E-state index contributed by atoms with van der Waals surface area (Å²) in [7, 11) is 0. The van der Waals surface area contributed by atoms with E-state index in [1.807, 2.05) is 0 Å². The van der Waals surface area contributed by atoms with Crippen molar-refractivity contribution in [2.75, 3.05) is 0 Å². The van der Waals surface area contributed by atoms with Crippen molar-refractivity contribution >= 4 is 0 Å². The van der Waals surface area contributed by atoms with Gasteiger partial charge in [0, 0.05) is 0 Å². The fourth-order valence-corrected chi connectivity index (χ4v) is 1.99. The van der Waals surface area contributed by atoms with Crippen LogP contribution in [0.2, 0.25) is 0 Å². The Morgan fingerprint density at radius 3 is 2.78 bits per heavy atom. The van der Waals surface area contributed by atoms with Crippen molar-refractivity contribution in [2.24, 2.45) is 11.8 Å². The maximum atomic E-state index is 2.37. The molecule has 0 heteroatoms. The van der Waals surface area contributed by atoms with E-state index in [1.165, 1.54) is 12.8 Å². The molecule has 0 aliphatic heterocycles. The van der Waals surface area contributed by atoms with Crippen LogP contribution in [0.15, 0.2) is 23.8 Å². The molecule has 2 aliphatic rings. The molecule has 0 amide bonds. The van der Waals surface area contributed by atoms with Gasteiger partial charge in [-0.05, 0) is 31.6 Å². The minimum absolute atomic E-state index is 0.833. The quantitative estimate of drug-likeness (QED) is 0.431. The van der Waals surface area contributed by atoms with Gasteiger partial charge < -0.3 is 0 Å². The highest BCUT2D eigenvalue weighted by Crippen LogP contribution is 2.42. The van der Waals surface area contributed by atoms with Crippen LogP contribution in [0, 0.1) is 11.8 Å². The highest BCUT2D eigenvalue weighted by Gasteiger charge is 2.29. The number of fused-ring (bicyclic) bond motifs is 2. The van der Waals surface area contributed by atoms with Gasteiger partial charge in [-0.15, -0.1) is 0 Å². The van der Waals surface area contributed by atoms with Crippen LogP contribution in [0.4, 0.5) is 0 Å². The van der Waals surface area contributed by atoms with E-state index in [4.69, 9.17) is 0 Å². The second-order valence-electron chi connectivity index (χ2n) is 3.05. The van der Waals surface area contributed by atoms with Gasteiger partial charge in [0.2, 0.25) is 0 Å². The molecule has 1 saturated carbocycles. The average molecular weight is 120 g/mol. The Morgan fingerprint density at radius 1 is 1.56 bits per heavy atom. The molecule has 1 fully saturated rings. The third-order valence-corrected chi connectivity index (χ3v) is 2.52. The zero-order chi connectivity index (χ0) is 6.27. The lowest BCUT2D eigenvalue weighted by Gasteiger charge is -2.05. The molecule has 0 saturated heterocycles. The molecule has 0 radical (unpaired) electrons. The summed E-state index contributed by atoms with van der Waals surface area (Å²) in [4.78, 5) is 0. The molecule has 2 rings (SSSR count). The first kappa shape index (κ1) is 5.28. The highest BCUT2D eigenvalue weighted by molar-refractivity contribution is 5.26. The smallest absolute Gasteiger partial charge is 0.00174 e. The summed E-state index contributed by atoms with van der Waals surface area (Å²) in [5.74, 6) is 1.74. The van der Waals surface area contributed by atoms with Gasteiger partial charge in [-0.3, -0.25) is 0 Å². The topological polar surface area (TPSA) is 0 Å². The molecule has 2 bridgehead atoms. The van der Waals surface area contributed by atoms with E-state index in [9.17, 15) is 0 Å². The van der Waals surface area contributed by atoms with Crippen molar-refractivity contribution in [3.8, 4) is 0 Å². The van der Waals surface area contributed by atoms with Crippen molar-refractivity contribution in [3.05, 3.63) is 23.8 Å². The van der Waals surface area contributed by atoms with E-state index in [0.717, 1.165) is 11.8 Å². The molecule has 0 heterocycles. The normalized spacial score (nSPS) is 43.0. The molecule has 0 aromatic heterocycles. The predicted molar refractivity (Wildman–Crippen MR) is 39.1 cm³/mol. The minimum atomic E-state index is 0.833. The first-order valence-corrected chi connectivity index (χ1v) is 3.73. The van der Waals surface area contributed by atoms with Crippen LogP contribution in [0.1, 0.15) is 19.8 Å². The first-order chi connectivity index (χ1) is 4.40. The molecule has 48 valence electrons. The maximum absolute atomic E-state index is 2.37. The Hall–Kier alpha value is -0.520. The van der Waals surface area contributed by atoms with Gasteiger partial charge >= 0.3 is 0 Å². The molecular weight excluding hydrogens is 108 g/mol. The van der Waals surface area contributed by atoms with Gasteiger partial charge in [0.05, 0.1) is 0 Å². The molecule has 2 aliphatic carbocycles. The van der Waals surface area contributed by atoms with Crippen LogP contribution < -0.4 is 0 Å². The van der Waals surface area contributed by atoms with Crippen molar-refractivity contribution in [1.29, 1.82) is 0 Å². The maximum Gasteiger partial charge on any atom is -0.00174 e. The van der Waals surface area contributed by atoms with Gasteiger partial charge in [0.1, 0.15) is 0 Å². The van der Waals surface area contributed by atoms with E-state index in [2.05, 4.69) is 25.2 Å². The summed E-state index contributed by atoms with van der Waals surface area (Å²) in [5.41, 5.74) is 1.67. The van der Waals surface area contributed by atoms with Crippen LogP contribution in [0.25, 0.3) is 0 Å². The fourth-order valence-electron chi connectivity index (χ4n) is 1.99. The van der Waals surface area contributed by atoms with Gasteiger partial charge in [0.15, 0.2) is 0 Å². The Balaban J connectivity index is 2.29. The van der Waals surface area contributed by atoms with Crippen LogP contribution in [-0.4, -0.2) is 0 Å². The summed E-state index contributed by atoms with van der Waals surface area (Å²) in [5, 5.41) is 0. The third-order valence-electron chi connectivity index (χ3n) is 2.52. The molecule has 2 unspecified atom stereocenters. The molecular formula is C9H12. The lowest BCUT2D eigenvalue weighted by atomic mass is 10.0. The monoisotopic (exact) mass is 120 g/mol. The number of hydrogen-bond donors (Lipinski definition) is 0. The van der Waals surface area contributed by atoms with E-state index in [0.29, 0.717) is 0 Å². The summed E-state index contributed by atoms with van der Waals surface area (Å²) in [6.07, 6.45) is 9.77. The van der Waals surface area contributed by atoms with Gasteiger partial charge in [0.25, 0.3) is 0 Å². The van der Waals surface area contributed by atoms with E-state index in [1.54, 1.807) is 5.57 Å². The van der Waals surface area contributed by atoms with E-state index < -0.39 is 0 Å². The Morgan fingerprint density at radius 2 is 2.44 bits per heavy atom. The molecule has 0 N–H and O–H groups in total. The lowest BCUT2D eigenvalue weighted by Crippen LogP contribution is -1.90. The SMILES string of the molecule is C/C=C1\CC2C=CC1C2. The largest absolute Gasteiger partial charge is 0.0878 e. The second kappa shape index (κ2) is 1.73. The number of rotatable bonds is 0. The third kappa shape index (κ3) is 0.658.